The van der Waals surface area contributed by atoms with Gasteiger partial charge in [0.2, 0.25) is 5.91 Å². The Labute approximate surface area is 265 Å². The fourth-order valence-electron chi connectivity index (χ4n) is 6.40. The molecule has 242 valence electrons. The number of fused-ring (bicyclic) bond motifs is 4. The summed E-state index contributed by atoms with van der Waals surface area (Å²) in [4.78, 5) is 59.1. The van der Waals surface area contributed by atoms with Crippen molar-refractivity contribution in [3.05, 3.63) is 47.7 Å². The molecular formula is C35H47N5O5. The minimum Gasteiger partial charge on any atom is -0.451 e. The van der Waals surface area contributed by atoms with Crippen molar-refractivity contribution in [1.82, 2.24) is 26.1 Å². The molecule has 1 spiro atoms. The van der Waals surface area contributed by atoms with Crippen molar-refractivity contribution in [2.45, 2.75) is 104 Å². The molecule has 0 radical (unpaired) electrons. The Morgan fingerprint density at radius 3 is 2.33 bits per heavy atom. The summed E-state index contributed by atoms with van der Waals surface area (Å²) in [5, 5.41) is 8.19. The lowest BCUT2D eigenvalue weighted by Crippen LogP contribution is -2.61. The standard InChI is InChI=1S/C35H47N5O5/c1-21(2)29-31(42)37-23(4)32(43)40-19-7-8-27(39-40)30(41)36-22(3)26-12-11-25-10-9-24(20-28(25)38-26)13-14-35(33(44)45-29)17-15-34(5,6)16-18-35/h9-14,20-23,27,29,39H,7-8,15-19H2,1-6H3,(H,36,41)(H,37,42)/b14-13+/t22-,23+,27?,29+/m1/s1. The van der Waals surface area contributed by atoms with Gasteiger partial charge >= 0.3 is 5.97 Å². The molecule has 3 amide bonds. The number of hydrazine groups is 1. The third-order valence-electron chi connectivity index (χ3n) is 9.63. The number of carbonyl (C=O) groups is 4. The molecule has 3 aliphatic rings. The maximum Gasteiger partial charge on any atom is 0.316 e. The molecule has 2 aliphatic heterocycles. The summed E-state index contributed by atoms with van der Waals surface area (Å²) in [5.74, 6) is -1.85. The minimum absolute atomic E-state index is 0.100. The molecule has 1 aromatic carbocycles. The Morgan fingerprint density at radius 1 is 0.933 bits per heavy atom. The Kier molecular flexibility index (Phi) is 9.35. The van der Waals surface area contributed by atoms with Crippen LogP contribution in [0, 0.1) is 16.7 Å². The van der Waals surface area contributed by atoms with Gasteiger partial charge in [-0.05, 0) is 81.4 Å². The van der Waals surface area contributed by atoms with Crippen LogP contribution in [0.4, 0.5) is 0 Å². The lowest BCUT2D eigenvalue weighted by Gasteiger charge is -2.41. The van der Waals surface area contributed by atoms with E-state index >= 15 is 0 Å². The zero-order valence-corrected chi connectivity index (χ0v) is 27.3. The second-order valence-electron chi connectivity index (χ2n) is 14.2. The first-order valence-electron chi connectivity index (χ1n) is 16.3. The Morgan fingerprint density at radius 2 is 1.62 bits per heavy atom. The predicted octanol–water partition coefficient (Wildman–Crippen LogP) is 4.59. The van der Waals surface area contributed by atoms with Gasteiger partial charge in [0.1, 0.15) is 12.1 Å². The van der Waals surface area contributed by atoms with E-state index in [1.165, 1.54) is 5.01 Å². The third-order valence-corrected chi connectivity index (χ3v) is 9.63. The van der Waals surface area contributed by atoms with E-state index < -0.39 is 35.5 Å². The van der Waals surface area contributed by atoms with E-state index in [9.17, 15) is 19.2 Å². The van der Waals surface area contributed by atoms with Crippen LogP contribution in [0.25, 0.3) is 17.0 Å². The molecule has 1 unspecified atom stereocenters. The van der Waals surface area contributed by atoms with Crippen molar-refractivity contribution in [2.75, 3.05) is 6.54 Å². The van der Waals surface area contributed by atoms with E-state index in [2.05, 4.69) is 29.9 Å². The highest BCUT2D eigenvalue weighted by Gasteiger charge is 2.45. The van der Waals surface area contributed by atoms with Crippen molar-refractivity contribution in [3.8, 4) is 0 Å². The van der Waals surface area contributed by atoms with Crippen LogP contribution in [-0.2, 0) is 23.9 Å². The summed E-state index contributed by atoms with van der Waals surface area (Å²) < 4.78 is 6.05. The molecule has 1 aromatic heterocycles. The molecule has 2 fully saturated rings. The maximum absolute atomic E-state index is 14.1. The SMILES string of the molecule is CC(C)[C@@H]1OC(=O)C2(/C=C/c3ccc4ccc(nc4c3)[C@@H](C)NC(=O)C3CCCN(N3)C(=O)[C@H](C)NC1=O)CCC(C)(C)CC2. The van der Waals surface area contributed by atoms with Gasteiger partial charge in [0, 0.05) is 11.9 Å². The van der Waals surface area contributed by atoms with Crippen LogP contribution >= 0.6 is 0 Å². The molecule has 5 rings (SSSR count). The van der Waals surface area contributed by atoms with Gasteiger partial charge in [-0.1, -0.05) is 58.0 Å². The van der Waals surface area contributed by atoms with Crippen LogP contribution < -0.4 is 16.1 Å². The van der Waals surface area contributed by atoms with Gasteiger partial charge in [-0.15, -0.1) is 0 Å². The summed E-state index contributed by atoms with van der Waals surface area (Å²) in [6.45, 7) is 12.0. The Balaban J connectivity index is 1.54. The number of rotatable bonds is 1. The van der Waals surface area contributed by atoms with E-state index in [-0.39, 0.29) is 29.2 Å². The lowest BCUT2D eigenvalue weighted by molar-refractivity contribution is -0.169. The number of cyclic esters (lactones) is 1. The van der Waals surface area contributed by atoms with E-state index in [1.54, 1.807) is 6.92 Å². The van der Waals surface area contributed by atoms with Crippen molar-refractivity contribution in [1.29, 1.82) is 0 Å². The van der Waals surface area contributed by atoms with Crippen molar-refractivity contribution >= 4 is 40.7 Å². The number of nitrogens with one attached hydrogen (secondary N) is 3. The van der Waals surface area contributed by atoms with Crippen LogP contribution in [0.3, 0.4) is 0 Å². The number of hydrogen-bond donors (Lipinski definition) is 3. The molecule has 2 aromatic rings. The number of amides is 3. The second-order valence-corrected chi connectivity index (χ2v) is 14.2. The number of nitrogens with zero attached hydrogens (tertiary/aromatic N) is 2. The lowest BCUT2D eigenvalue weighted by atomic mass is 9.65. The van der Waals surface area contributed by atoms with Gasteiger partial charge in [-0.3, -0.25) is 29.2 Å². The van der Waals surface area contributed by atoms with E-state index in [0.717, 1.165) is 35.0 Å². The first-order chi connectivity index (χ1) is 21.3. The van der Waals surface area contributed by atoms with Crippen molar-refractivity contribution in [2.24, 2.45) is 16.7 Å². The number of hydrogen-bond acceptors (Lipinski definition) is 7. The molecule has 3 heterocycles. The van der Waals surface area contributed by atoms with Gasteiger partial charge in [0.05, 0.1) is 22.7 Å². The predicted molar refractivity (Wildman–Crippen MR) is 172 cm³/mol. The first kappa shape index (κ1) is 32.6. The zero-order valence-electron chi connectivity index (χ0n) is 27.3. The highest BCUT2D eigenvalue weighted by atomic mass is 16.5. The van der Waals surface area contributed by atoms with Gasteiger partial charge < -0.3 is 15.4 Å². The van der Waals surface area contributed by atoms with Gasteiger partial charge in [-0.2, -0.15) is 0 Å². The molecule has 5 bridgehead atoms. The molecule has 1 saturated carbocycles. The smallest absolute Gasteiger partial charge is 0.316 e. The molecule has 1 aliphatic carbocycles. The van der Waals surface area contributed by atoms with Crippen LogP contribution in [-0.4, -0.2) is 58.4 Å². The molecular weight excluding hydrogens is 570 g/mol. The van der Waals surface area contributed by atoms with E-state index in [4.69, 9.17) is 9.72 Å². The second kappa shape index (κ2) is 12.9. The molecule has 3 N–H and O–H groups in total. The number of aromatic nitrogens is 1. The van der Waals surface area contributed by atoms with Crippen LogP contribution in [0.1, 0.15) is 97.4 Å². The van der Waals surface area contributed by atoms with Gasteiger partial charge in [0.15, 0.2) is 6.10 Å². The van der Waals surface area contributed by atoms with Crippen LogP contribution in [0.2, 0.25) is 0 Å². The van der Waals surface area contributed by atoms with Gasteiger partial charge in [0.25, 0.3) is 11.8 Å². The average molecular weight is 618 g/mol. The number of benzene rings is 1. The van der Waals surface area contributed by atoms with E-state index in [1.807, 2.05) is 63.3 Å². The highest BCUT2D eigenvalue weighted by Crippen LogP contribution is 2.47. The highest BCUT2D eigenvalue weighted by molar-refractivity contribution is 5.92. The number of carbonyl (C=O) groups excluding carboxylic acids is 4. The Bertz CT molecular complexity index is 1490. The maximum atomic E-state index is 14.1. The minimum atomic E-state index is -1.07. The fourth-order valence-corrected chi connectivity index (χ4v) is 6.40. The molecule has 4 atom stereocenters. The summed E-state index contributed by atoms with van der Waals surface area (Å²) in [6, 6.07) is 8.00. The fraction of sp³-hybridized carbons (Fsp3) is 0.571. The molecule has 1 saturated heterocycles. The quantitative estimate of drug-likeness (QED) is 0.399. The topological polar surface area (TPSA) is 130 Å². The van der Waals surface area contributed by atoms with Crippen molar-refractivity contribution in [3.63, 3.8) is 0 Å². The average Bonchev–Trinajstić information content (AvgIpc) is 3.01. The summed E-state index contributed by atoms with van der Waals surface area (Å²) in [5.41, 5.74) is 4.66. The zero-order chi connectivity index (χ0) is 32.5. The summed E-state index contributed by atoms with van der Waals surface area (Å²) in [6.07, 6.45) is 6.90. The van der Waals surface area contributed by atoms with Crippen LogP contribution in [0.5, 0.6) is 0 Å². The van der Waals surface area contributed by atoms with E-state index in [0.29, 0.717) is 32.2 Å². The largest absolute Gasteiger partial charge is 0.451 e. The van der Waals surface area contributed by atoms with Crippen molar-refractivity contribution < 1.29 is 23.9 Å². The van der Waals surface area contributed by atoms with Gasteiger partial charge in [-0.25, -0.2) is 5.43 Å². The normalized spacial score (nSPS) is 28.5. The molecule has 10 nitrogen and oxygen atoms in total. The molecule has 45 heavy (non-hydrogen) atoms. The number of esters is 1. The third kappa shape index (κ3) is 7.21. The number of ether oxygens (including phenoxy) is 1. The summed E-state index contributed by atoms with van der Waals surface area (Å²) in [7, 11) is 0. The Hall–Kier alpha value is -3.79. The number of pyridine rings is 1. The molecule has 10 heteroatoms. The van der Waals surface area contributed by atoms with Crippen LogP contribution in [0.15, 0.2) is 36.4 Å². The summed E-state index contributed by atoms with van der Waals surface area (Å²) >= 11 is 0. The first-order valence-corrected chi connectivity index (χ1v) is 16.3. The monoisotopic (exact) mass is 617 g/mol.